The summed E-state index contributed by atoms with van der Waals surface area (Å²) < 4.78 is 9.11. The maximum absolute atomic E-state index is 6.74. The van der Waals surface area contributed by atoms with Crippen LogP contribution < -0.4 is 4.90 Å². The van der Waals surface area contributed by atoms with E-state index in [4.69, 9.17) is 4.42 Å². The summed E-state index contributed by atoms with van der Waals surface area (Å²) in [7, 11) is 0. The quantitative estimate of drug-likeness (QED) is 0.179. The Labute approximate surface area is 314 Å². The Hall–Kier alpha value is -6.84. The van der Waals surface area contributed by atoms with Gasteiger partial charge >= 0.3 is 0 Å². The van der Waals surface area contributed by atoms with Gasteiger partial charge in [0.15, 0.2) is 5.58 Å². The molecule has 0 unspecified atom stereocenters. The maximum atomic E-state index is 6.74. The smallest absolute Gasteiger partial charge is 0.159 e. The Kier molecular flexibility index (Phi) is 6.60. The van der Waals surface area contributed by atoms with Gasteiger partial charge in [-0.05, 0) is 94.0 Å². The number of rotatable bonds is 5. The monoisotopic (exact) mass is 692 g/mol. The van der Waals surface area contributed by atoms with Crippen LogP contribution in [0.3, 0.4) is 0 Å². The predicted molar refractivity (Wildman–Crippen MR) is 226 cm³/mol. The van der Waals surface area contributed by atoms with Crippen LogP contribution in [0.5, 0.6) is 0 Å². The van der Waals surface area contributed by atoms with Gasteiger partial charge in [0.25, 0.3) is 0 Å². The first-order valence-corrected chi connectivity index (χ1v) is 18.7. The fourth-order valence-electron chi connectivity index (χ4n) is 9.08. The van der Waals surface area contributed by atoms with Crippen LogP contribution in [0.25, 0.3) is 71.7 Å². The lowest BCUT2D eigenvalue weighted by molar-refractivity contribution is 0.660. The standard InChI is InChI=1S/C51H36N2O/c1-51(2)43-29-27-35(32-42(43)49-37(21-13-23-44(49)51)33-15-5-3-6-16-33)52(47-25-14-22-40-39-20-10-12-26-48(39)54-50(40)47)36-28-30-46-41(31-36)38-19-9-11-24-45(38)53(46)34-17-7-4-8-18-34/h3-32H,1-2H3. The van der Waals surface area contributed by atoms with Gasteiger partial charge in [0, 0.05) is 44.0 Å². The molecule has 2 aromatic heterocycles. The zero-order chi connectivity index (χ0) is 36.0. The summed E-state index contributed by atoms with van der Waals surface area (Å²) >= 11 is 0. The Morgan fingerprint density at radius 1 is 0.481 bits per heavy atom. The molecular weight excluding hydrogens is 657 g/mol. The van der Waals surface area contributed by atoms with Crippen molar-refractivity contribution in [1.82, 2.24) is 4.57 Å². The van der Waals surface area contributed by atoms with E-state index in [1.807, 2.05) is 6.07 Å². The van der Waals surface area contributed by atoms with E-state index in [0.29, 0.717) is 0 Å². The SMILES string of the molecule is CC1(C)c2ccc(N(c3ccc4c(c3)c3ccccc3n4-c3ccccc3)c3cccc4c3oc3ccccc34)cc2-c2c(-c3ccccc3)cccc21. The highest BCUT2D eigenvalue weighted by atomic mass is 16.3. The van der Waals surface area contributed by atoms with Crippen molar-refractivity contribution in [2.75, 3.05) is 4.90 Å². The molecule has 10 aromatic rings. The number of benzene rings is 8. The molecule has 0 radical (unpaired) electrons. The van der Waals surface area contributed by atoms with E-state index in [1.165, 1.54) is 55.2 Å². The minimum absolute atomic E-state index is 0.143. The van der Waals surface area contributed by atoms with Gasteiger partial charge in [-0.1, -0.05) is 135 Å². The summed E-state index contributed by atoms with van der Waals surface area (Å²) in [6.45, 7) is 4.71. The molecule has 256 valence electrons. The molecule has 3 heteroatoms. The molecule has 3 nitrogen and oxygen atoms in total. The zero-order valence-corrected chi connectivity index (χ0v) is 30.1. The van der Waals surface area contributed by atoms with Crippen LogP contribution in [0.2, 0.25) is 0 Å². The van der Waals surface area contributed by atoms with E-state index < -0.39 is 0 Å². The Morgan fingerprint density at radius 3 is 2.00 bits per heavy atom. The first-order valence-electron chi connectivity index (χ1n) is 18.7. The fraction of sp³-hybridized carbons (Fsp3) is 0.0588. The lowest BCUT2D eigenvalue weighted by Crippen LogP contribution is -2.15. The lowest BCUT2D eigenvalue weighted by Gasteiger charge is -2.27. The molecule has 0 atom stereocenters. The molecule has 0 amide bonds. The van der Waals surface area contributed by atoms with Crippen LogP contribution in [0.4, 0.5) is 17.1 Å². The molecule has 54 heavy (non-hydrogen) atoms. The van der Waals surface area contributed by atoms with Crippen LogP contribution in [0, 0.1) is 0 Å². The van der Waals surface area contributed by atoms with Crippen LogP contribution in [-0.2, 0) is 5.41 Å². The molecule has 2 heterocycles. The van der Waals surface area contributed by atoms with Crippen molar-refractivity contribution in [2.45, 2.75) is 19.3 Å². The molecule has 8 aromatic carbocycles. The van der Waals surface area contributed by atoms with Gasteiger partial charge in [-0.2, -0.15) is 0 Å². The average Bonchev–Trinajstić information content (AvgIpc) is 3.84. The Balaban J connectivity index is 1.19. The summed E-state index contributed by atoms with van der Waals surface area (Å²) in [4.78, 5) is 2.40. The zero-order valence-electron chi connectivity index (χ0n) is 30.1. The molecule has 0 bridgehead atoms. The summed E-state index contributed by atoms with van der Waals surface area (Å²) in [5.74, 6) is 0. The first-order chi connectivity index (χ1) is 26.6. The molecular formula is C51H36N2O. The topological polar surface area (TPSA) is 21.3 Å². The number of hydrogen-bond donors (Lipinski definition) is 0. The molecule has 0 fully saturated rings. The van der Waals surface area contributed by atoms with Crippen molar-refractivity contribution < 1.29 is 4.42 Å². The Bertz CT molecular complexity index is 3080. The molecule has 0 saturated carbocycles. The molecule has 0 N–H and O–H groups in total. The van der Waals surface area contributed by atoms with Gasteiger partial charge in [-0.15, -0.1) is 0 Å². The van der Waals surface area contributed by atoms with Crippen molar-refractivity contribution in [3.05, 3.63) is 193 Å². The molecule has 11 rings (SSSR count). The van der Waals surface area contributed by atoms with Crippen LogP contribution >= 0.6 is 0 Å². The fourth-order valence-corrected chi connectivity index (χ4v) is 9.08. The largest absolute Gasteiger partial charge is 0.454 e. The minimum Gasteiger partial charge on any atom is -0.454 e. The highest BCUT2D eigenvalue weighted by Crippen LogP contribution is 2.54. The lowest BCUT2D eigenvalue weighted by atomic mass is 9.82. The number of para-hydroxylation sites is 4. The van der Waals surface area contributed by atoms with Gasteiger partial charge in [-0.25, -0.2) is 0 Å². The molecule has 1 aliphatic carbocycles. The number of aromatic nitrogens is 1. The second kappa shape index (κ2) is 11.6. The van der Waals surface area contributed by atoms with Gasteiger partial charge in [0.1, 0.15) is 5.58 Å². The number of nitrogens with zero attached hydrogens (tertiary/aromatic N) is 2. The number of furan rings is 1. The van der Waals surface area contributed by atoms with Crippen LogP contribution in [-0.4, -0.2) is 4.57 Å². The van der Waals surface area contributed by atoms with Crippen LogP contribution in [0.15, 0.2) is 186 Å². The summed E-state index contributed by atoms with van der Waals surface area (Å²) in [6.07, 6.45) is 0. The Morgan fingerprint density at radius 2 is 1.15 bits per heavy atom. The van der Waals surface area contributed by atoms with E-state index in [9.17, 15) is 0 Å². The second-order valence-corrected chi connectivity index (χ2v) is 14.9. The third-order valence-electron chi connectivity index (χ3n) is 11.6. The van der Waals surface area contributed by atoms with E-state index in [2.05, 4.69) is 199 Å². The summed E-state index contributed by atoms with van der Waals surface area (Å²) in [5.41, 5.74) is 16.1. The van der Waals surface area contributed by atoms with Gasteiger partial charge in [-0.3, -0.25) is 0 Å². The van der Waals surface area contributed by atoms with E-state index in [-0.39, 0.29) is 5.41 Å². The minimum atomic E-state index is -0.143. The number of hydrogen-bond acceptors (Lipinski definition) is 2. The van der Waals surface area contributed by atoms with Crippen molar-refractivity contribution in [3.63, 3.8) is 0 Å². The molecule has 1 aliphatic rings. The third-order valence-corrected chi connectivity index (χ3v) is 11.6. The van der Waals surface area contributed by atoms with E-state index in [0.717, 1.165) is 44.7 Å². The van der Waals surface area contributed by atoms with E-state index >= 15 is 0 Å². The molecule has 0 aliphatic heterocycles. The van der Waals surface area contributed by atoms with Gasteiger partial charge < -0.3 is 13.9 Å². The number of fused-ring (bicyclic) bond motifs is 9. The molecule has 0 saturated heterocycles. The summed E-state index contributed by atoms with van der Waals surface area (Å²) in [6, 6.07) is 65.8. The van der Waals surface area contributed by atoms with Crippen molar-refractivity contribution in [2.24, 2.45) is 0 Å². The molecule has 0 spiro atoms. The van der Waals surface area contributed by atoms with Crippen molar-refractivity contribution in [3.8, 4) is 27.9 Å². The van der Waals surface area contributed by atoms with Gasteiger partial charge in [0.2, 0.25) is 0 Å². The predicted octanol–water partition coefficient (Wildman–Crippen LogP) is 14.1. The maximum Gasteiger partial charge on any atom is 0.159 e. The normalized spacial score (nSPS) is 13.1. The second-order valence-electron chi connectivity index (χ2n) is 14.9. The van der Waals surface area contributed by atoms with Gasteiger partial charge in [0.05, 0.1) is 16.7 Å². The number of anilines is 3. The summed E-state index contributed by atoms with van der Waals surface area (Å²) in [5, 5.41) is 4.65. The van der Waals surface area contributed by atoms with E-state index in [1.54, 1.807) is 0 Å². The first kappa shape index (κ1) is 30.8. The average molecular weight is 693 g/mol. The van der Waals surface area contributed by atoms with Crippen LogP contribution in [0.1, 0.15) is 25.0 Å². The highest BCUT2D eigenvalue weighted by molar-refractivity contribution is 6.13. The third kappa shape index (κ3) is 4.42. The van der Waals surface area contributed by atoms with Crippen molar-refractivity contribution in [1.29, 1.82) is 0 Å². The van der Waals surface area contributed by atoms with Crippen molar-refractivity contribution >= 4 is 60.8 Å². The highest BCUT2D eigenvalue weighted by Gasteiger charge is 2.37.